The van der Waals surface area contributed by atoms with E-state index >= 15 is 0 Å². The number of carbonyl (C=O) groups excluding carboxylic acids is 1. The van der Waals surface area contributed by atoms with E-state index in [0.717, 1.165) is 5.69 Å². The smallest absolute Gasteiger partial charge is 0.320 e. The van der Waals surface area contributed by atoms with E-state index in [1.807, 2.05) is 9.80 Å². The Labute approximate surface area is 144 Å². The van der Waals surface area contributed by atoms with Crippen LogP contribution in [0.25, 0.3) is 0 Å². The number of ether oxygens (including phenoxy) is 1. The van der Waals surface area contributed by atoms with Gasteiger partial charge in [-0.2, -0.15) is 0 Å². The summed E-state index contributed by atoms with van der Waals surface area (Å²) >= 11 is 6.18. The molecule has 2 heterocycles. The molecule has 2 fully saturated rings. The zero-order chi connectivity index (χ0) is 17.1. The van der Waals surface area contributed by atoms with Gasteiger partial charge in [0.25, 0.3) is 5.69 Å². The summed E-state index contributed by atoms with van der Waals surface area (Å²) in [6, 6.07) is 4.53. The molecule has 1 aromatic rings. The van der Waals surface area contributed by atoms with E-state index in [4.69, 9.17) is 16.3 Å². The minimum absolute atomic E-state index is 0.0233. The average molecular weight is 355 g/mol. The van der Waals surface area contributed by atoms with Crippen molar-refractivity contribution in [3.8, 4) is 0 Å². The Bertz CT molecular complexity index is 628. The predicted octanol–water partition coefficient (Wildman–Crippen LogP) is 1.82. The lowest BCUT2D eigenvalue weighted by Gasteiger charge is -2.39. The van der Waals surface area contributed by atoms with Crippen LogP contribution in [-0.4, -0.2) is 73.2 Å². The molecule has 0 saturated carbocycles. The number of nitrogens with zero attached hydrogens (tertiary/aromatic N) is 4. The third-order valence-electron chi connectivity index (χ3n) is 4.31. The van der Waals surface area contributed by atoms with Crippen molar-refractivity contribution in [2.75, 3.05) is 57.4 Å². The van der Waals surface area contributed by atoms with Crippen molar-refractivity contribution in [3.05, 3.63) is 33.3 Å². The largest absolute Gasteiger partial charge is 0.378 e. The number of piperazine rings is 1. The molecule has 0 N–H and O–H groups in total. The first-order valence-electron chi connectivity index (χ1n) is 7.87. The van der Waals surface area contributed by atoms with Crippen molar-refractivity contribution in [2.45, 2.75) is 0 Å². The molecule has 2 aliphatic heterocycles. The summed E-state index contributed by atoms with van der Waals surface area (Å²) in [7, 11) is 0. The van der Waals surface area contributed by atoms with Crippen LogP contribution in [0.5, 0.6) is 0 Å². The quantitative estimate of drug-likeness (QED) is 0.598. The molecule has 3 rings (SSSR count). The average Bonchev–Trinajstić information content (AvgIpc) is 2.62. The molecular formula is C15H19ClN4O4. The van der Waals surface area contributed by atoms with E-state index in [1.54, 1.807) is 6.07 Å². The Hall–Kier alpha value is -2.06. The number of benzene rings is 1. The molecule has 1 aromatic carbocycles. The molecule has 0 unspecified atom stereocenters. The van der Waals surface area contributed by atoms with E-state index in [0.29, 0.717) is 57.5 Å². The number of hydrogen-bond donors (Lipinski definition) is 0. The van der Waals surface area contributed by atoms with E-state index in [2.05, 4.69) is 4.90 Å². The summed E-state index contributed by atoms with van der Waals surface area (Å²) in [6.45, 7) is 4.93. The van der Waals surface area contributed by atoms with Crippen molar-refractivity contribution in [3.63, 3.8) is 0 Å². The number of anilines is 1. The minimum atomic E-state index is -0.464. The van der Waals surface area contributed by atoms with Crippen LogP contribution in [0.1, 0.15) is 0 Å². The first-order chi connectivity index (χ1) is 11.6. The predicted molar refractivity (Wildman–Crippen MR) is 89.7 cm³/mol. The summed E-state index contributed by atoms with van der Waals surface area (Å²) in [4.78, 5) is 28.5. The van der Waals surface area contributed by atoms with Gasteiger partial charge in [-0.15, -0.1) is 0 Å². The van der Waals surface area contributed by atoms with Crippen molar-refractivity contribution < 1.29 is 14.5 Å². The first kappa shape index (κ1) is 16.8. The standard InChI is InChI=1S/C15H19ClN4O4/c16-13-11-12(20(22)23)1-2-14(13)17-3-5-18(6-4-17)15(21)19-7-9-24-10-8-19/h1-2,11H,3-10H2. The van der Waals surface area contributed by atoms with Gasteiger partial charge in [0, 0.05) is 51.4 Å². The van der Waals surface area contributed by atoms with Gasteiger partial charge in [-0.05, 0) is 6.07 Å². The number of amides is 2. The highest BCUT2D eigenvalue weighted by Gasteiger charge is 2.27. The number of carbonyl (C=O) groups is 1. The van der Waals surface area contributed by atoms with Gasteiger partial charge in [-0.3, -0.25) is 10.1 Å². The Kier molecular flexibility index (Phi) is 5.06. The Morgan fingerprint density at radius 1 is 1.08 bits per heavy atom. The van der Waals surface area contributed by atoms with Gasteiger partial charge in [-0.25, -0.2) is 4.79 Å². The van der Waals surface area contributed by atoms with Crippen LogP contribution in [0.3, 0.4) is 0 Å². The van der Waals surface area contributed by atoms with Crippen LogP contribution in [0.2, 0.25) is 5.02 Å². The molecular weight excluding hydrogens is 336 g/mol. The molecule has 0 atom stereocenters. The second kappa shape index (κ2) is 7.23. The first-order valence-corrected chi connectivity index (χ1v) is 8.24. The van der Waals surface area contributed by atoms with Crippen LogP contribution >= 0.6 is 11.6 Å². The number of nitro benzene ring substituents is 1. The lowest BCUT2D eigenvalue weighted by Crippen LogP contribution is -2.54. The summed E-state index contributed by atoms with van der Waals surface area (Å²) in [6.07, 6.45) is 0. The lowest BCUT2D eigenvalue weighted by molar-refractivity contribution is -0.384. The van der Waals surface area contributed by atoms with Crippen LogP contribution in [-0.2, 0) is 4.74 Å². The maximum atomic E-state index is 12.5. The zero-order valence-electron chi connectivity index (χ0n) is 13.2. The van der Waals surface area contributed by atoms with Gasteiger partial charge >= 0.3 is 6.03 Å². The number of rotatable bonds is 2. The normalized spacial score (nSPS) is 18.6. The zero-order valence-corrected chi connectivity index (χ0v) is 13.9. The third-order valence-corrected chi connectivity index (χ3v) is 4.62. The van der Waals surface area contributed by atoms with Gasteiger partial charge in [0.15, 0.2) is 0 Å². The molecule has 2 aliphatic rings. The Morgan fingerprint density at radius 3 is 2.29 bits per heavy atom. The second-order valence-corrected chi connectivity index (χ2v) is 6.16. The van der Waals surface area contributed by atoms with E-state index in [-0.39, 0.29) is 11.7 Å². The van der Waals surface area contributed by atoms with Gasteiger partial charge in [0.2, 0.25) is 0 Å². The fourth-order valence-corrected chi connectivity index (χ4v) is 3.25. The van der Waals surface area contributed by atoms with E-state index in [1.165, 1.54) is 12.1 Å². The SMILES string of the molecule is O=C(N1CCOCC1)N1CCN(c2ccc([N+](=O)[O-])cc2Cl)CC1. The van der Waals surface area contributed by atoms with Crippen molar-refractivity contribution in [1.29, 1.82) is 0 Å². The molecule has 130 valence electrons. The summed E-state index contributed by atoms with van der Waals surface area (Å²) in [5.41, 5.74) is 0.741. The maximum Gasteiger partial charge on any atom is 0.320 e. The van der Waals surface area contributed by atoms with Crippen LogP contribution < -0.4 is 4.90 Å². The molecule has 24 heavy (non-hydrogen) atoms. The molecule has 2 saturated heterocycles. The number of morpholine rings is 1. The molecule has 0 aromatic heterocycles. The highest BCUT2D eigenvalue weighted by Crippen LogP contribution is 2.30. The Morgan fingerprint density at radius 2 is 1.71 bits per heavy atom. The fraction of sp³-hybridized carbons (Fsp3) is 0.533. The third kappa shape index (κ3) is 3.54. The number of nitro groups is 1. The number of halogens is 1. The maximum absolute atomic E-state index is 12.5. The van der Waals surface area contributed by atoms with Gasteiger partial charge in [0.05, 0.1) is 28.8 Å². The van der Waals surface area contributed by atoms with Gasteiger partial charge in [0.1, 0.15) is 0 Å². The summed E-state index contributed by atoms with van der Waals surface area (Å²) < 4.78 is 5.27. The Balaban J connectivity index is 1.60. The van der Waals surface area contributed by atoms with Crippen molar-refractivity contribution >= 4 is 29.0 Å². The summed E-state index contributed by atoms with van der Waals surface area (Å²) in [5.74, 6) is 0. The fourth-order valence-electron chi connectivity index (χ4n) is 2.96. The number of non-ortho nitro benzene ring substituents is 1. The van der Waals surface area contributed by atoms with E-state index < -0.39 is 4.92 Å². The molecule has 9 heteroatoms. The highest BCUT2D eigenvalue weighted by molar-refractivity contribution is 6.33. The van der Waals surface area contributed by atoms with Gasteiger partial charge < -0.3 is 19.4 Å². The van der Waals surface area contributed by atoms with Gasteiger partial charge in [-0.1, -0.05) is 11.6 Å². The summed E-state index contributed by atoms with van der Waals surface area (Å²) in [5, 5.41) is 11.1. The molecule has 8 nitrogen and oxygen atoms in total. The minimum Gasteiger partial charge on any atom is -0.378 e. The molecule has 0 bridgehead atoms. The van der Waals surface area contributed by atoms with Crippen molar-refractivity contribution in [1.82, 2.24) is 9.80 Å². The molecule has 2 amide bonds. The highest BCUT2D eigenvalue weighted by atomic mass is 35.5. The molecule has 0 radical (unpaired) electrons. The van der Waals surface area contributed by atoms with Crippen LogP contribution in [0.15, 0.2) is 18.2 Å². The monoisotopic (exact) mass is 354 g/mol. The van der Waals surface area contributed by atoms with E-state index in [9.17, 15) is 14.9 Å². The van der Waals surface area contributed by atoms with Crippen LogP contribution in [0.4, 0.5) is 16.2 Å². The molecule has 0 spiro atoms. The number of hydrogen-bond acceptors (Lipinski definition) is 5. The molecule has 0 aliphatic carbocycles. The topological polar surface area (TPSA) is 79.2 Å². The second-order valence-electron chi connectivity index (χ2n) is 5.75. The lowest BCUT2D eigenvalue weighted by atomic mass is 10.2. The number of urea groups is 1. The van der Waals surface area contributed by atoms with Crippen LogP contribution in [0, 0.1) is 10.1 Å². The van der Waals surface area contributed by atoms with Crippen molar-refractivity contribution in [2.24, 2.45) is 0 Å².